The highest BCUT2D eigenvalue weighted by Crippen LogP contribution is 1.99. The molecule has 0 rings (SSSR count). The fraction of sp³-hybridized carbons (Fsp3) is 0.571. The summed E-state index contributed by atoms with van der Waals surface area (Å²) in [5.41, 5.74) is 0. The maximum Gasteiger partial charge on any atom is 0.317 e. The predicted molar refractivity (Wildman–Crippen MR) is 37.1 cm³/mol. The zero-order valence-corrected chi connectivity index (χ0v) is 7.23. The summed E-state index contributed by atoms with van der Waals surface area (Å²) in [6.45, 7) is 0.536. The number of carbonyl (C=O) groups excluding carboxylic acids is 3. The molecule has 6 nitrogen and oxygen atoms in total. The number of aliphatic carboxylic acids is 1. The van der Waals surface area contributed by atoms with Gasteiger partial charge in [0.1, 0.15) is 12.5 Å². The van der Waals surface area contributed by atoms with E-state index < -0.39 is 30.4 Å². The van der Waals surface area contributed by atoms with Crippen LogP contribution in [-0.2, 0) is 23.9 Å². The van der Waals surface area contributed by atoms with Crippen molar-refractivity contribution in [1.29, 1.82) is 0 Å². The van der Waals surface area contributed by atoms with Gasteiger partial charge in [0.05, 0.1) is 13.1 Å². The number of ether oxygens (including phenoxy) is 2. The first-order valence-corrected chi connectivity index (χ1v) is 3.41. The summed E-state index contributed by atoms with van der Waals surface area (Å²) in [6, 6.07) is 0. The van der Waals surface area contributed by atoms with Gasteiger partial charge in [-0.15, -0.1) is 0 Å². The Hall–Kier alpha value is -1.59. The largest absolute Gasteiger partial charge is 0.549 e. The highest BCUT2D eigenvalue weighted by atomic mass is 16.5. The first-order chi connectivity index (χ1) is 5.99. The number of hydrogen-bond donors (Lipinski definition) is 0. The Balaban J connectivity index is 4.18. The molecule has 0 aliphatic carbocycles. The molecule has 0 aromatic rings. The van der Waals surface area contributed by atoms with Crippen molar-refractivity contribution in [2.45, 2.75) is 6.92 Å². The van der Waals surface area contributed by atoms with Crippen molar-refractivity contribution in [2.75, 3.05) is 13.7 Å². The molecule has 1 atom stereocenters. The maximum absolute atomic E-state index is 10.7. The molecule has 0 N–H and O–H groups in total. The van der Waals surface area contributed by atoms with Gasteiger partial charge in [-0.1, -0.05) is 0 Å². The van der Waals surface area contributed by atoms with E-state index in [1.807, 2.05) is 0 Å². The fourth-order valence-electron chi connectivity index (χ4n) is 0.575. The van der Waals surface area contributed by atoms with E-state index in [4.69, 9.17) is 0 Å². The Morgan fingerprint density at radius 1 is 1.38 bits per heavy atom. The Morgan fingerprint density at radius 3 is 2.23 bits per heavy atom. The average Bonchev–Trinajstić information content (AvgIpc) is 2.03. The molecule has 0 amide bonds. The lowest BCUT2D eigenvalue weighted by molar-refractivity contribution is -0.311. The van der Waals surface area contributed by atoms with Crippen LogP contribution in [0.1, 0.15) is 6.92 Å². The Bertz CT molecular complexity index is 221. The Kier molecular flexibility index (Phi) is 4.50. The van der Waals surface area contributed by atoms with Crippen molar-refractivity contribution in [1.82, 2.24) is 0 Å². The number of carboxylic acids is 1. The molecular weight excluding hydrogens is 180 g/mol. The topological polar surface area (TPSA) is 92.7 Å². The monoisotopic (exact) mass is 189 g/mol. The fourth-order valence-corrected chi connectivity index (χ4v) is 0.575. The van der Waals surface area contributed by atoms with Gasteiger partial charge in [-0.3, -0.25) is 9.59 Å². The van der Waals surface area contributed by atoms with Crippen molar-refractivity contribution in [3.05, 3.63) is 0 Å². The average molecular weight is 189 g/mol. The minimum atomic E-state index is -1.63. The third-order valence-electron chi connectivity index (χ3n) is 1.22. The van der Waals surface area contributed by atoms with Gasteiger partial charge < -0.3 is 19.4 Å². The van der Waals surface area contributed by atoms with Crippen molar-refractivity contribution in [2.24, 2.45) is 5.92 Å². The molecule has 6 heteroatoms. The number of hydrogen-bond acceptors (Lipinski definition) is 6. The summed E-state index contributed by atoms with van der Waals surface area (Å²) in [6.07, 6.45) is 0. The zero-order valence-electron chi connectivity index (χ0n) is 7.23. The van der Waals surface area contributed by atoms with Gasteiger partial charge >= 0.3 is 11.9 Å². The third-order valence-corrected chi connectivity index (χ3v) is 1.22. The van der Waals surface area contributed by atoms with Crippen LogP contribution in [-0.4, -0.2) is 31.6 Å². The molecule has 0 aromatic carbocycles. The molecule has 0 fully saturated rings. The quantitative estimate of drug-likeness (QED) is 0.378. The highest BCUT2D eigenvalue weighted by molar-refractivity contribution is 5.93. The second kappa shape index (κ2) is 5.13. The van der Waals surface area contributed by atoms with Crippen LogP contribution in [0.2, 0.25) is 0 Å². The number of carboxylic acid groups (broad SMARTS) is 1. The van der Waals surface area contributed by atoms with E-state index in [1.54, 1.807) is 0 Å². The molecule has 0 spiro atoms. The van der Waals surface area contributed by atoms with Crippen LogP contribution < -0.4 is 5.11 Å². The number of carbonyl (C=O) groups is 3. The summed E-state index contributed by atoms with van der Waals surface area (Å²) < 4.78 is 8.48. The van der Waals surface area contributed by atoms with Crippen molar-refractivity contribution >= 4 is 17.9 Å². The van der Waals surface area contributed by atoms with Crippen LogP contribution in [0.5, 0.6) is 0 Å². The van der Waals surface area contributed by atoms with Gasteiger partial charge in [0.15, 0.2) is 0 Å². The predicted octanol–water partition coefficient (Wildman–Crippen LogP) is -1.91. The van der Waals surface area contributed by atoms with E-state index in [2.05, 4.69) is 9.47 Å². The smallest absolute Gasteiger partial charge is 0.317 e. The third kappa shape index (κ3) is 4.09. The van der Waals surface area contributed by atoms with Gasteiger partial charge in [-0.25, -0.2) is 0 Å². The van der Waals surface area contributed by atoms with E-state index in [9.17, 15) is 19.5 Å². The maximum atomic E-state index is 10.7. The van der Waals surface area contributed by atoms with Crippen LogP contribution in [0.4, 0.5) is 0 Å². The van der Waals surface area contributed by atoms with Crippen LogP contribution >= 0.6 is 0 Å². The molecule has 0 saturated heterocycles. The SMILES string of the molecule is COC(=O)[C@@H](COC(C)=O)C(=O)[O-]. The summed E-state index contributed by atoms with van der Waals surface area (Å²) in [5.74, 6) is -4.86. The zero-order chi connectivity index (χ0) is 10.4. The molecule has 0 bridgehead atoms. The molecule has 0 saturated carbocycles. The normalized spacial score (nSPS) is 11.5. The molecule has 0 radical (unpaired) electrons. The van der Waals surface area contributed by atoms with Crippen molar-refractivity contribution < 1.29 is 29.0 Å². The summed E-state index contributed by atoms with van der Waals surface area (Å²) in [5, 5.41) is 10.3. The molecule has 0 aliphatic heterocycles. The van der Waals surface area contributed by atoms with Crippen molar-refractivity contribution in [3.63, 3.8) is 0 Å². The minimum absolute atomic E-state index is 0.565. The Morgan fingerprint density at radius 2 is 1.92 bits per heavy atom. The lowest BCUT2D eigenvalue weighted by Crippen LogP contribution is -2.40. The van der Waals surface area contributed by atoms with Crippen LogP contribution in [0.3, 0.4) is 0 Å². The highest BCUT2D eigenvalue weighted by Gasteiger charge is 2.21. The number of rotatable bonds is 4. The van der Waals surface area contributed by atoms with Gasteiger partial charge in [0.2, 0.25) is 0 Å². The standard InChI is InChI=1S/C7H10O6/c1-4(8)13-3-5(6(9)10)7(11)12-2/h5H,3H2,1-2H3,(H,9,10)/p-1/t5-/m0/s1. The minimum Gasteiger partial charge on any atom is -0.549 e. The van der Waals surface area contributed by atoms with Crippen LogP contribution in [0, 0.1) is 5.92 Å². The van der Waals surface area contributed by atoms with Crippen LogP contribution in [0.15, 0.2) is 0 Å². The molecular formula is C7H9O6-. The van der Waals surface area contributed by atoms with E-state index in [0.717, 1.165) is 14.0 Å². The lowest BCUT2D eigenvalue weighted by Gasteiger charge is -2.14. The molecule has 74 valence electrons. The van der Waals surface area contributed by atoms with Gasteiger partial charge in [0, 0.05) is 6.92 Å². The number of esters is 2. The Labute approximate surface area is 74.4 Å². The first-order valence-electron chi connectivity index (χ1n) is 3.41. The van der Waals surface area contributed by atoms with E-state index in [0.29, 0.717) is 0 Å². The molecule has 0 aromatic heterocycles. The van der Waals surface area contributed by atoms with Gasteiger partial charge in [-0.05, 0) is 0 Å². The molecule has 0 unspecified atom stereocenters. The molecule has 0 heterocycles. The summed E-state index contributed by atoms with van der Waals surface area (Å²) in [7, 11) is 1.03. The summed E-state index contributed by atoms with van der Waals surface area (Å²) in [4.78, 5) is 31.3. The van der Waals surface area contributed by atoms with E-state index >= 15 is 0 Å². The van der Waals surface area contributed by atoms with E-state index in [1.165, 1.54) is 0 Å². The molecule has 13 heavy (non-hydrogen) atoms. The van der Waals surface area contributed by atoms with Crippen LogP contribution in [0.25, 0.3) is 0 Å². The summed E-state index contributed by atoms with van der Waals surface area (Å²) >= 11 is 0. The van der Waals surface area contributed by atoms with E-state index in [-0.39, 0.29) is 0 Å². The van der Waals surface area contributed by atoms with Gasteiger partial charge in [-0.2, -0.15) is 0 Å². The van der Waals surface area contributed by atoms with Gasteiger partial charge in [0.25, 0.3) is 0 Å². The first kappa shape index (κ1) is 11.4. The van der Waals surface area contributed by atoms with Crippen molar-refractivity contribution in [3.8, 4) is 0 Å². The lowest BCUT2D eigenvalue weighted by atomic mass is 10.2. The second-order valence-corrected chi connectivity index (χ2v) is 2.20. The molecule has 0 aliphatic rings. The number of methoxy groups -OCH3 is 1. The second-order valence-electron chi connectivity index (χ2n) is 2.20.